The Hall–Kier alpha value is -2.25. The number of carbonyl (C=O) groups excluding carboxylic acids is 3. The van der Waals surface area contributed by atoms with E-state index in [1.165, 1.54) is 0 Å². The highest BCUT2D eigenvalue weighted by molar-refractivity contribution is 6.22. The summed E-state index contributed by atoms with van der Waals surface area (Å²) < 4.78 is 11.7. The maximum Gasteiger partial charge on any atom is 0.262 e. The lowest BCUT2D eigenvalue weighted by Crippen LogP contribution is -2.43. The van der Waals surface area contributed by atoms with E-state index in [1.54, 1.807) is 24.3 Å². The van der Waals surface area contributed by atoms with Crippen LogP contribution < -0.4 is 5.32 Å². The molecule has 1 aliphatic carbocycles. The van der Waals surface area contributed by atoms with Gasteiger partial charge in [0.15, 0.2) is 5.79 Å². The summed E-state index contributed by atoms with van der Waals surface area (Å²) in [4.78, 5) is 37.6. The smallest absolute Gasteiger partial charge is 0.262 e. The van der Waals surface area contributed by atoms with Crippen LogP contribution in [0.25, 0.3) is 0 Å². The molecule has 2 heterocycles. The number of nitrogens with zero attached hydrogens (tertiary/aromatic N) is 1. The van der Waals surface area contributed by atoms with Crippen LogP contribution in [0.1, 0.15) is 46.4 Å². The fourth-order valence-corrected chi connectivity index (χ4v) is 3.70. The zero-order valence-corrected chi connectivity index (χ0v) is 13.8. The molecule has 7 nitrogen and oxygen atoms in total. The zero-order chi connectivity index (χ0) is 17.4. The van der Waals surface area contributed by atoms with Crippen LogP contribution in [-0.2, 0) is 14.3 Å². The number of ether oxygens (including phenoxy) is 2. The average molecular weight is 344 g/mol. The molecule has 1 saturated carbocycles. The molecule has 25 heavy (non-hydrogen) atoms. The lowest BCUT2D eigenvalue weighted by atomic mass is 10.1. The van der Waals surface area contributed by atoms with E-state index < -0.39 is 17.6 Å². The Bertz CT molecular complexity index is 691. The third-order valence-electron chi connectivity index (χ3n) is 4.99. The van der Waals surface area contributed by atoms with Crippen molar-refractivity contribution in [2.75, 3.05) is 19.7 Å². The molecule has 3 aliphatic rings. The van der Waals surface area contributed by atoms with Gasteiger partial charge in [-0.3, -0.25) is 19.3 Å². The van der Waals surface area contributed by atoms with Crippen LogP contribution in [0.4, 0.5) is 0 Å². The highest BCUT2D eigenvalue weighted by Crippen LogP contribution is 2.38. The normalized spacial score (nSPS) is 24.2. The first kappa shape index (κ1) is 16.2. The van der Waals surface area contributed by atoms with E-state index in [4.69, 9.17) is 9.47 Å². The fourth-order valence-electron chi connectivity index (χ4n) is 3.70. The molecule has 1 atom stereocenters. The van der Waals surface area contributed by atoms with Crippen LogP contribution in [0.15, 0.2) is 24.3 Å². The lowest BCUT2D eigenvalue weighted by molar-refractivity contribution is -0.161. The summed E-state index contributed by atoms with van der Waals surface area (Å²) in [5.74, 6) is -1.70. The molecule has 0 unspecified atom stereocenters. The maximum absolute atomic E-state index is 12.3. The molecule has 3 amide bonds. The van der Waals surface area contributed by atoms with Gasteiger partial charge in [-0.2, -0.15) is 0 Å². The molecule has 0 radical (unpaired) electrons. The number of rotatable bonds is 4. The topological polar surface area (TPSA) is 84.9 Å². The van der Waals surface area contributed by atoms with E-state index in [-0.39, 0.29) is 18.6 Å². The van der Waals surface area contributed by atoms with Crippen LogP contribution in [0.3, 0.4) is 0 Å². The van der Waals surface area contributed by atoms with E-state index in [0.717, 1.165) is 30.6 Å². The summed E-state index contributed by atoms with van der Waals surface area (Å²) in [6.07, 6.45) is 3.79. The third-order valence-corrected chi connectivity index (χ3v) is 4.99. The van der Waals surface area contributed by atoms with Gasteiger partial charge < -0.3 is 14.8 Å². The summed E-state index contributed by atoms with van der Waals surface area (Å²) in [5, 5.41) is 2.74. The molecule has 132 valence electrons. The van der Waals surface area contributed by atoms with Crippen molar-refractivity contribution in [1.29, 1.82) is 0 Å². The van der Waals surface area contributed by atoms with Gasteiger partial charge in [-0.15, -0.1) is 0 Å². The minimum absolute atomic E-state index is 0.191. The Morgan fingerprint density at radius 2 is 1.80 bits per heavy atom. The van der Waals surface area contributed by atoms with Gasteiger partial charge >= 0.3 is 0 Å². The number of carbonyl (C=O) groups is 3. The number of hydrogen-bond donors (Lipinski definition) is 1. The van der Waals surface area contributed by atoms with Gasteiger partial charge in [0.25, 0.3) is 11.8 Å². The minimum atomic E-state index is -0.460. The second kappa shape index (κ2) is 6.24. The first-order valence-electron chi connectivity index (χ1n) is 8.62. The molecule has 2 aliphatic heterocycles. The third kappa shape index (κ3) is 2.94. The molecule has 0 bridgehead atoms. The Morgan fingerprint density at radius 1 is 1.16 bits per heavy atom. The van der Waals surface area contributed by atoms with Crippen molar-refractivity contribution in [3.8, 4) is 0 Å². The highest BCUT2D eigenvalue weighted by atomic mass is 16.7. The van der Waals surface area contributed by atoms with Crippen LogP contribution >= 0.6 is 0 Å². The monoisotopic (exact) mass is 344 g/mol. The Kier molecular flexibility index (Phi) is 4.05. The molecule has 1 N–H and O–H groups in total. The molecule has 1 saturated heterocycles. The molecule has 7 heteroatoms. The van der Waals surface area contributed by atoms with Gasteiger partial charge in [0, 0.05) is 19.4 Å². The summed E-state index contributed by atoms with van der Waals surface area (Å²) in [5.41, 5.74) is 0.687. The molecule has 1 aromatic carbocycles. The number of amides is 3. The van der Waals surface area contributed by atoms with E-state index in [0.29, 0.717) is 24.3 Å². The lowest BCUT2D eigenvalue weighted by Gasteiger charge is -2.22. The van der Waals surface area contributed by atoms with Gasteiger partial charge in [0.2, 0.25) is 5.91 Å². The second-order valence-electron chi connectivity index (χ2n) is 6.71. The van der Waals surface area contributed by atoms with Crippen molar-refractivity contribution in [1.82, 2.24) is 10.2 Å². The molecule has 1 aromatic rings. The summed E-state index contributed by atoms with van der Waals surface area (Å²) in [6.45, 7) is 0.474. The Labute approximate surface area is 145 Å². The van der Waals surface area contributed by atoms with E-state index >= 15 is 0 Å². The van der Waals surface area contributed by atoms with Crippen LogP contribution in [0.2, 0.25) is 0 Å². The quantitative estimate of drug-likeness (QED) is 0.827. The average Bonchev–Trinajstić information content (AvgIpc) is 3.31. The molecule has 1 spiro atoms. The predicted octanol–water partition coefficient (Wildman–Crippen LogP) is 1.08. The maximum atomic E-state index is 12.3. The van der Waals surface area contributed by atoms with E-state index in [2.05, 4.69) is 5.32 Å². The molecular formula is C18H20N2O5. The number of nitrogens with one attached hydrogen (secondary N) is 1. The number of fused-ring (bicyclic) bond motifs is 1. The van der Waals surface area contributed by atoms with Crippen molar-refractivity contribution in [3.63, 3.8) is 0 Å². The number of imide groups is 1. The minimum Gasteiger partial charge on any atom is -0.352 e. The fraction of sp³-hybridized carbons (Fsp3) is 0.500. The van der Waals surface area contributed by atoms with Gasteiger partial charge in [0.1, 0.15) is 12.6 Å². The van der Waals surface area contributed by atoms with Crippen molar-refractivity contribution in [2.45, 2.75) is 37.6 Å². The number of hydrogen-bond acceptors (Lipinski definition) is 5. The predicted molar refractivity (Wildman–Crippen MR) is 86.8 cm³/mol. The second-order valence-corrected chi connectivity index (χ2v) is 6.71. The molecular weight excluding hydrogens is 324 g/mol. The highest BCUT2D eigenvalue weighted by Gasteiger charge is 2.43. The summed E-state index contributed by atoms with van der Waals surface area (Å²) in [6, 6.07) is 6.59. The molecule has 4 rings (SSSR count). The van der Waals surface area contributed by atoms with Crippen LogP contribution in [-0.4, -0.2) is 54.2 Å². The first-order valence-corrected chi connectivity index (χ1v) is 8.62. The number of benzene rings is 1. The van der Waals surface area contributed by atoms with Crippen LogP contribution in [0.5, 0.6) is 0 Å². The standard InChI is InChI=1S/C18H20N2O5/c21-15(19-9-12-11-24-18(25-12)7-3-4-8-18)10-20-16(22)13-5-1-2-6-14(13)17(20)23/h1-2,5-6,12H,3-4,7-11H2,(H,19,21)/t12-/m1/s1. The van der Waals surface area contributed by atoms with Crippen molar-refractivity contribution < 1.29 is 23.9 Å². The molecule has 0 aromatic heterocycles. The van der Waals surface area contributed by atoms with Crippen LogP contribution in [0, 0.1) is 0 Å². The summed E-state index contributed by atoms with van der Waals surface area (Å²) >= 11 is 0. The van der Waals surface area contributed by atoms with E-state index in [1.807, 2.05) is 0 Å². The Morgan fingerprint density at radius 3 is 2.44 bits per heavy atom. The Balaban J connectivity index is 1.30. The van der Waals surface area contributed by atoms with E-state index in [9.17, 15) is 14.4 Å². The van der Waals surface area contributed by atoms with Gasteiger partial charge in [0.05, 0.1) is 17.7 Å². The SMILES string of the molecule is O=C(CN1C(=O)c2ccccc2C1=O)NC[C@@H]1COC2(CCCC2)O1. The van der Waals surface area contributed by atoms with Gasteiger partial charge in [-0.1, -0.05) is 12.1 Å². The largest absolute Gasteiger partial charge is 0.352 e. The van der Waals surface area contributed by atoms with Crippen molar-refractivity contribution in [3.05, 3.63) is 35.4 Å². The zero-order valence-electron chi connectivity index (χ0n) is 13.8. The van der Waals surface area contributed by atoms with Crippen molar-refractivity contribution in [2.24, 2.45) is 0 Å². The summed E-state index contributed by atoms with van der Waals surface area (Å²) in [7, 11) is 0. The van der Waals surface area contributed by atoms with Crippen molar-refractivity contribution >= 4 is 17.7 Å². The first-order chi connectivity index (χ1) is 12.1. The van der Waals surface area contributed by atoms with Gasteiger partial charge in [-0.25, -0.2) is 0 Å². The molecule has 2 fully saturated rings. The van der Waals surface area contributed by atoms with Gasteiger partial charge in [-0.05, 0) is 25.0 Å².